The molecule has 0 aromatic heterocycles. The number of aryl methyl sites for hydroxylation is 1. The van der Waals surface area contributed by atoms with Crippen LogP contribution < -0.4 is 10.1 Å². The second-order valence-corrected chi connectivity index (χ2v) is 7.15. The minimum atomic E-state index is -0.234. The average molecular weight is 366 g/mol. The number of nitrogens with one attached hydrogen (secondary N) is 1. The second kappa shape index (κ2) is 8.71. The van der Waals surface area contributed by atoms with Crippen molar-refractivity contribution in [2.75, 3.05) is 25.0 Å². The van der Waals surface area contributed by atoms with Crippen molar-refractivity contribution in [1.82, 2.24) is 4.90 Å². The molecule has 2 aromatic rings. The van der Waals surface area contributed by atoms with Crippen molar-refractivity contribution in [3.05, 3.63) is 59.7 Å². The average Bonchev–Trinajstić information content (AvgIpc) is 2.68. The molecule has 0 bridgehead atoms. The molecular formula is C22H26N2O3. The van der Waals surface area contributed by atoms with Gasteiger partial charge in [-0.05, 0) is 61.6 Å². The maximum atomic E-state index is 12.5. The smallest absolute Gasteiger partial charge is 0.262 e. The lowest BCUT2D eigenvalue weighted by Crippen LogP contribution is -2.37. The summed E-state index contributed by atoms with van der Waals surface area (Å²) in [5, 5.41) is 2.79. The Balaban J connectivity index is 1.52. The maximum Gasteiger partial charge on any atom is 0.262 e. The maximum absolute atomic E-state index is 12.5. The van der Waals surface area contributed by atoms with Gasteiger partial charge in [-0.3, -0.25) is 9.59 Å². The van der Waals surface area contributed by atoms with E-state index in [1.165, 1.54) is 0 Å². The van der Waals surface area contributed by atoms with Crippen LogP contribution in [0.2, 0.25) is 0 Å². The summed E-state index contributed by atoms with van der Waals surface area (Å²) in [6.45, 7) is 5.73. The molecule has 0 radical (unpaired) electrons. The number of para-hydroxylation sites is 1. The van der Waals surface area contributed by atoms with Gasteiger partial charge in [-0.2, -0.15) is 0 Å². The minimum Gasteiger partial charge on any atom is -0.483 e. The van der Waals surface area contributed by atoms with Crippen LogP contribution in [-0.4, -0.2) is 36.4 Å². The normalized spacial score (nSPS) is 14.7. The lowest BCUT2D eigenvalue weighted by Gasteiger charge is -2.30. The third kappa shape index (κ3) is 5.09. The van der Waals surface area contributed by atoms with E-state index in [0.29, 0.717) is 22.9 Å². The van der Waals surface area contributed by atoms with Crippen molar-refractivity contribution in [3.8, 4) is 5.75 Å². The molecule has 2 amide bonds. The van der Waals surface area contributed by atoms with Gasteiger partial charge in [0.2, 0.25) is 0 Å². The lowest BCUT2D eigenvalue weighted by molar-refractivity contribution is -0.118. The van der Waals surface area contributed by atoms with Crippen LogP contribution in [0.25, 0.3) is 0 Å². The van der Waals surface area contributed by atoms with Gasteiger partial charge in [0.15, 0.2) is 6.61 Å². The Morgan fingerprint density at radius 2 is 1.74 bits per heavy atom. The van der Waals surface area contributed by atoms with Gasteiger partial charge >= 0.3 is 0 Å². The van der Waals surface area contributed by atoms with Crippen molar-refractivity contribution in [1.29, 1.82) is 0 Å². The Hall–Kier alpha value is -2.82. The summed E-state index contributed by atoms with van der Waals surface area (Å²) in [6, 6.07) is 14.6. The Kier molecular flexibility index (Phi) is 6.12. The number of hydrogen-bond donors (Lipinski definition) is 1. The summed E-state index contributed by atoms with van der Waals surface area (Å²) in [4.78, 5) is 26.5. The Morgan fingerprint density at radius 3 is 2.41 bits per heavy atom. The summed E-state index contributed by atoms with van der Waals surface area (Å²) in [6.07, 6.45) is 2.11. The van der Waals surface area contributed by atoms with E-state index in [4.69, 9.17) is 4.74 Å². The third-order valence-corrected chi connectivity index (χ3v) is 4.94. The van der Waals surface area contributed by atoms with Crippen LogP contribution in [0.15, 0.2) is 48.5 Å². The number of ether oxygens (including phenoxy) is 1. The van der Waals surface area contributed by atoms with Gasteiger partial charge in [-0.15, -0.1) is 0 Å². The second-order valence-electron chi connectivity index (χ2n) is 7.15. The van der Waals surface area contributed by atoms with Crippen molar-refractivity contribution in [3.63, 3.8) is 0 Å². The summed E-state index contributed by atoms with van der Waals surface area (Å²) < 4.78 is 5.55. The van der Waals surface area contributed by atoms with Gasteiger partial charge < -0.3 is 15.0 Å². The van der Waals surface area contributed by atoms with Gasteiger partial charge in [0.05, 0.1) is 0 Å². The number of benzene rings is 2. The molecule has 1 N–H and O–H groups in total. The zero-order valence-electron chi connectivity index (χ0n) is 15.9. The number of anilines is 1. The number of carbonyl (C=O) groups excluding carboxylic acids is 2. The predicted octanol–water partition coefficient (Wildman–Crippen LogP) is 3.88. The van der Waals surface area contributed by atoms with Crippen LogP contribution >= 0.6 is 0 Å². The molecular weight excluding hydrogens is 340 g/mol. The van der Waals surface area contributed by atoms with E-state index in [0.717, 1.165) is 31.5 Å². The molecule has 142 valence electrons. The SMILES string of the molecule is Cc1ccccc1OCC(=O)Nc1ccc(C(=O)N2CCC(C)CC2)cc1. The van der Waals surface area contributed by atoms with Crippen molar-refractivity contribution in [2.24, 2.45) is 5.92 Å². The summed E-state index contributed by atoms with van der Waals surface area (Å²) in [5.74, 6) is 1.21. The fourth-order valence-corrected chi connectivity index (χ4v) is 3.15. The van der Waals surface area contributed by atoms with E-state index in [1.807, 2.05) is 36.1 Å². The van der Waals surface area contributed by atoms with Crippen LogP contribution in [-0.2, 0) is 4.79 Å². The van der Waals surface area contributed by atoms with E-state index in [2.05, 4.69) is 12.2 Å². The number of rotatable bonds is 5. The lowest BCUT2D eigenvalue weighted by atomic mass is 9.98. The molecule has 1 heterocycles. The first-order valence-corrected chi connectivity index (χ1v) is 9.40. The topological polar surface area (TPSA) is 58.6 Å². The summed E-state index contributed by atoms with van der Waals surface area (Å²) in [5.41, 5.74) is 2.29. The van der Waals surface area contributed by atoms with Crippen LogP contribution in [0.1, 0.15) is 35.7 Å². The van der Waals surface area contributed by atoms with Crippen LogP contribution in [0.5, 0.6) is 5.75 Å². The zero-order valence-corrected chi connectivity index (χ0v) is 15.9. The first kappa shape index (κ1) is 19.0. The van der Waals surface area contributed by atoms with Crippen molar-refractivity contribution < 1.29 is 14.3 Å². The first-order valence-electron chi connectivity index (χ1n) is 9.40. The van der Waals surface area contributed by atoms with E-state index in [1.54, 1.807) is 24.3 Å². The molecule has 0 unspecified atom stereocenters. The van der Waals surface area contributed by atoms with Gasteiger partial charge in [0, 0.05) is 24.3 Å². The largest absolute Gasteiger partial charge is 0.483 e. The Labute approximate surface area is 160 Å². The number of hydrogen-bond acceptors (Lipinski definition) is 3. The highest BCUT2D eigenvalue weighted by molar-refractivity contribution is 5.96. The van der Waals surface area contributed by atoms with Crippen LogP contribution in [0.4, 0.5) is 5.69 Å². The highest BCUT2D eigenvalue weighted by atomic mass is 16.5. The zero-order chi connectivity index (χ0) is 19.2. The highest BCUT2D eigenvalue weighted by Gasteiger charge is 2.21. The number of likely N-dealkylation sites (tertiary alicyclic amines) is 1. The molecule has 1 aliphatic rings. The fraction of sp³-hybridized carbons (Fsp3) is 0.364. The van der Waals surface area contributed by atoms with E-state index >= 15 is 0 Å². The molecule has 0 atom stereocenters. The number of carbonyl (C=O) groups is 2. The van der Waals surface area contributed by atoms with Gasteiger partial charge in [0.25, 0.3) is 11.8 Å². The van der Waals surface area contributed by atoms with Crippen molar-refractivity contribution >= 4 is 17.5 Å². The van der Waals surface area contributed by atoms with Gasteiger partial charge in [-0.1, -0.05) is 25.1 Å². The van der Waals surface area contributed by atoms with Gasteiger partial charge in [-0.25, -0.2) is 0 Å². The molecule has 2 aromatic carbocycles. The molecule has 1 aliphatic heterocycles. The molecule has 27 heavy (non-hydrogen) atoms. The number of piperidine rings is 1. The summed E-state index contributed by atoms with van der Waals surface area (Å²) >= 11 is 0. The molecule has 1 fully saturated rings. The van der Waals surface area contributed by atoms with E-state index in [9.17, 15) is 9.59 Å². The fourth-order valence-electron chi connectivity index (χ4n) is 3.15. The molecule has 3 rings (SSSR count). The summed E-state index contributed by atoms with van der Waals surface area (Å²) in [7, 11) is 0. The predicted molar refractivity (Wildman–Crippen MR) is 106 cm³/mol. The monoisotopic (exact) mass is 366 g/mol. The quantitative estimate of drug-likeness (QED) is 0.873. The van der Waals surface area contributed by atoms with E-state index in [-0.39, 0.29) is 18.4 Å². The minimum absolute atomic E-state index is 0.0580. The van der Waals surface area contributed by atoms with Gasteiger partial charge in [0.1, 0.15) is 5.75 Å². The molecule has 0 saturated carbocycles. The molecule has 5 heteroatoms. The van der Waals surface area contributed by atoms with Crippen LogP contribution in [0.3, 0.4) is 0 Å². The van der Waals surface area contributed by atoms with Crippen molar-refractivity contribution in [2.45, 2.75) is 26.7 Å². The first-order chi connectivity index (χ1) is 13.0. The van der Waals surface area contributed by atoms with Crippen LogP contribution in [0, 0.1) is 12.8 Å². The Bertz CT molecular complexity index is 793. The number of nitrogens with zero attached hydrogens (tertiary/aromatic N) is 1. The molecule has 0 aliphatic carbocycles. The molecule has 5 nitrogen and oxygen atoms in total. The standard InChI is InChI=1S/C22H26N2O3/c1-16-11-13-24(14-12-16)22(26)18-7-9-19(10-8-18)23-21(25)15-27-20-6-4-3-5-17(20)2/h3-10,16H,11-15H2,1-2H3,(H,23,25). The number of amides is 2. The van der Waals surface area contributed by atoms with E-state index < -0.39 is 0 Å². The molecule has 0 spiro atoms. The molecule has 1 saturated heterocycles. The third-order valence-electron chi connectivity index (χ3n) is 4.94. The Morgan fingerprint density at radius 1 is 1.07 bits per heavy atom. The highest BCUT2D eigenvalue weighted by Crippen LogP contribution is 2.19.